The van der Waals surface area contributed by atoms with Crippen molar-refractivity contribution < 1.29 is 9.53 Å². The van der Waals surface area contributed by atoms with E-state index in [1.165, 1.54) is 11.3 Å². The Balaban J connectivity index is 1.38. The van der Waals surface area contributed by atoms with Crippen molar-refractivity contribution in [2.75, 3.05) is 0 Å². The summed E-state index contributed by atoms with van der Waals surface area (Å²) >= 11 is 0. The van der Waals surface area contributed by atoms with Crippen molar-refractivity contribution in [1.29, 1.82) is 0 Å². The van der Waals surface area contributed by atoms with Crippen molar-refractivity contribution in [3.63, 3.8) is 0 Å². The number of carbonyl (C=O) groups excluding carboxylic acids is 1. The normalized spacial score (nSPS) is 24.9. The van der Waals surface area contributed by atoms with Gasteiger partial charge in [0.2, 0.25) is 0 Å². The maximum absolute atomic E-state index is 12.8. The lowest BCUT2D eigenvalue weighted by molar-refractivity contribution is -0.121. The molecule has 1 amide bonds. The summed E-state index contributed by atoms with van der Waals surface area (Å²) in [5.41, 5.74) is 4.58. The molecule has 0 radical (unpaired) electrons. The van der Waals surface area contributed by atoms with E-state index in [-0.39, 0.29) is 24.0 Å². The fourth-order valence-corrected chi connectivity index (χ4v) is 4.31. The van der Waals surface area contributed by atoms with E-state index >= 15 is 0 Å². The molecule has 28 heavy (non-hydrogen) atoms. The molecule has 0 saturated heterocycles. The van der Waals surface area contributed by atoms with Gasteiger partial charge < -0.3 is 10.1 Å². The van der Waals surface area contributed by atoms with E-state index in [1.807, 2.05) is 47.3 Å². The zero-order valence-electron chi connectivity index (χ0n) is 15.8. The number of nitrogens with zero attached hydrogens (tertiary/aromatic N) is 2. The molecule has 1 N–H and O–H groups in total. The van der Waals surface area contributed by atoms with Crippen LogP contribution in [0.4, 0.5) is 0 Å². The van der Waals surface area contributed by atoms with Gasteiger partial charge in [0.25, 0.3) is 5.91 Å². The van der Waals surface area contributed by atoms with Crippen molar-refractivity contribution in [2.24, 2.45) is 5.92 Å². The number of fused-ring (bicyclic) bond motifs is 2. The van der Waals surface area contributed by atoms with E-state index in [9.17, 15) is 4.79 Å². The predicted molar refractivity (Wildman–Crippen MR) is 107 cm³/mol. The van der Waals surface area contributed by atoms with Gasteiger partial charge in [-0.2, -0.15) is 5.10 Å². The lowest BCUT2D eigenvalue weighted by atomic mass is 9.92. The fourth-order valence-electron chi connectivity index (χ4n) is 4.31. The highest BCUT2D eigenvalue weighted by Crippen LogP contribution is 2.33. The van der Waals surface area contributed by atoms with Crippen LogP contribution in [0.5, 0.6) is 0 Å². The summed E-state index contributed by atoms with van der Waals surface area (Å²) in [6, 6.07) is 8.22. The molecule has 1 aromatic heterocycles. The highest BCUT2D eigenvalue weighted by atomic mass is 16.5. The highest BCUT2D eigenvalue weighted by molar-refractivity contribution is 5.92. The number of allylic oxidation sites excluding steroid dienone is 2. The van der Waals surface area contributed by atoms with Crippen LogP contribution in [0.2, 0.25) is 0 Å². The molecule has 3 atom stereocenters. The monoisotopic (exact) mass is 373 g/mol. The molecular weight excluding hydrogens is 350 g/mol. The SMILES string of the molecule is Cc1ccccc1-n1ncc2c1CCC[C@H]2NC(=O)C1=CC2C=CC=CC2O1. The first-order valence-corrected chi connectivity index (χ1v) is 9.88. The smallest absolute Gasteiger partial charge is 0.286 e. The number of carbonyl (C=O) groups is 1. The molecule has 3 aliphatic rings. The molecule has 2 heterocycles. The number of benzene rings is 1. The number of nitrogens with one attached hydrogen (secondary N) is 1. The summed E-state index contributed by atoms with van der Waals surface area (Å²) in [6.07, 6.45) is 14.7. The van der Waals surface area contributed by atoms with Gasteiger partial charge in [-0.3, -0.25) is 4.79 Å². The molecule has 2 aliphatic carbocycles. The van der Waals surface area contributed by atoms with Gasteiger partial charge in [-0.15, -0.1) is 0 Å². The van der Waals surface area contributed by atoms with Crippen LogP contribution in [0, 0.1) is 12.8 Å². The topological polar surface area (TPSA) is 56.2 Å². The Morgan fingerprint density at radius 1 is 1.25 bits per heavy atom. The van der Waals surface area contributed by atoms with Crippen molar-refractivity contribution in [3.05, 3.63) is 83.4 Å². The number of para-hydroxylation sites is 1. The van der Waals surface area contributed by atoms with E-state index in [0.717, 1.165) is 30.5 Å². The molecule has 142 valence electrons. The van der Waals surface area contributed by atoms with Gasteiger partial charge in [0.1, 0.15) is 6.10 Å². The molecule has 2 unspecified atom stereocenters. The quantitative estimate of drug-likeness (QED) is 0.893. The number of rotatable bonds is 3. The molecule has 2 aromatic rings. The fraction of sp³-hybridized carbons (Fsp3) is 0.304. The van der Waals surface area contributed by atoms with Crippen molar-refractivity contribution in [1.82, 2.24) is 15.1 Å². The number of ether oxygens (including phenoxy) is 1. The summed E-state index contributed by atoms with van der Waals surface area (Å²) in [5.74, 6) is 0.429. The largest absolute Gasteiger partial charge is 0.480 e. The Hall–Kier alpha value is -3.08. The number of aromatic nitrogens is 2. The van der Waals surface area contributed by atoms with Crippen LogP contribution in [0.15, 0.2) is 66.6 Å². The maximum atomic E-state index is 12.8. The van der Waals surface area contributed by atoms with Crippen molar-refractivity contribution >= 4 is 5.91 Å². The average molecular weight is 373 g/mol. The molecule has 0 spiro atoms. The van der Waals surface area contributed by atoms with Gasteiger partial charge in [0.15, 0.2) is 5.76 Å². The van der Waals surface area contributed by atoms with Crippen LogP contribution >= 0.6 is 0 Å². The van der Waals surface area contributed by atoms with Crippen molar-refractivity contribution in [3.8, 4) is 5.69 Å². The molecule has 0 bridgehead atoms. The van der Waals surface area contributed by atoms with Crippen LogP contribution < -0.4 is 5.32 Å². The van der Waals surface area contributed by atoms with E-state index in [2.05, 4.69) is 35.5 Å². The second-order valence-electron chi connectivity index (χ2n) is 7.62. The van der Waals surface area contributed by atoms with E-state index < -0.39 is 0 Å². The molecule has 5 rings (SSSR count). The third-order valence-corrected chi connectivity index (χ3v) is 5.79. The maximum Gasteiger partial charge on any atom is 0.286 e. The lowest BCUT2D eigenvalue weighted by Gasteiger charge is -2.24. The Morgan fingerprint density at radius 3 is 2.96 bits per heavy atom. The minimum absolute atomic E-state index is 0.0350. The van der Waals surface area contributed by atoms with Crippen LogP contribution in [0.3, 0.4) is 0 Å². The highest BCUT2D eigenvalue weighted by Gasteiger charge is 2.32. The van der Waals surface area contributed by atoms with Crippen LogP contribution in [-0.4, -0.2) is 21.8 Å². The van der Waals surface area contributed by atoms with Gasteiger partial charge in [0, 0.05) is 17.2 Å². The number of aryl methyl sites for hydroxylation is 1. The van der Waals surface area contributed by atoms with Crippen molar-refractivity contribution in [2.45, 2.75) is 38.3 Å². The first kappa shape index (κ1) is 17.0. The summed E-state index contributed by atoms with van der Waals surface area (Å²) in [5, 5.41) is 7.82. The number of hydrogen-bond acceptors (Lipinski definition) is 3. The molecule has 1 aromatic carbocycles. The summed E-state index contributed by atoms with van der Waals surface area (Å²) in [7, 11) is 0. The van der Waals surface area contributed by atoms with Crippen LogP contribution in [0.25, 0.3) is 5.69 Å². The minimum atomic E-state index is -0.141. The Bertz CT molecular complexity index is 1010. The van der Waals surface area contributed by atoms with E-state index in [4.69, 9.17) is 4.74 Å². The number of amides is 1. The van der Waals surface area contributed by atoms with Crippen LogP contribution in [0.1, 0.15) is 35.7 Å². The van der Waals surface area contributed by atoms with Gasteiger partial charge in [0.05, 0.1) is 17.9 Å². The standard InChI is InChI=1S/C23H23N3O2/c1-15-7-2-4-10-19(15)26-20-11-6-9-18(17(20)14-24-26)25-23(27)22-13-16-8-3-5-12-21(16)28-22/h2-5,7-8,10,12-14,16,18,21H,6,9,11H2,1H3,(H,25,27)/t16?,18-,21?/m1/s1. The second-order valence-corrected chi connectivity index (χ2v) is 7.62. The molecule has 0 saturated carbocycles. The summed E-state index contributed by atoms with van der Waals surface area (Å²) in [6.45, 7) is 2.09. The zero-order chi connectivity index (χ0) is 19.1. The zero-order valence-corrected chi connectivity index (χ0v) is 15.8. The molecule has 5 nitrogen and oxygen atoms in total. The van der Waals surface area contributed by atoms with E-state index in [1.54, 1.807) is 0 Å². The summed E-state index contributed by atoms with van der Waals surface area (Å²) in [4.78, 5) is 12.8. The summed E-state index contributed by atoms with van der Waals surface area (Å²) < 4.78 is 7.86. The average Bonchev–Trinajstić information content (AvgIpc) is 3.33. The Labute approximate surface area is 164 Å². The van der Waals surface area contributed by atoms with Gasteiger partial charge in [-0.25, -0.2) is 4.68 Å². The van der Waals surface area contributed by atoms with Crippen LogP contribution in [-0.2, 0) is 16.0 Å². The van der Waals surface area contributed by atoms with Gasteiger partial charge in [-0.05, 0) is 50.0 Å². The molecule has 0 fully saturated rings. The molecular formula is C23H23N3O2. The minimum Gasteiger partial charge on any atom is -0.480 e. The van der Waals surface area contributed by atoms with E-state index in [0.29, 0.717) is 5.76 Å². The lowest BCUT2D eigenvalue weighted by Crippen LogP contribution is -2.32. The number of hydrogen-bond donors (Lipinski definition) is 1. The molecule has 5 heteroatoms. The third kappa shape index (κ3) is 2.87. The first-order chi connectivity index (χ1) is 13.7. The third-order valence-electron chi connectivity index (χ3n) is 5.79. The first-order valence-electron chi connectivity index (χ1n) is 9.88. The van der Waals surface area contributed by atoms with Gasteiger partial charge >= 0.3 is 0 Å². The molecule has 1 aliphatic heterocycles. The Morgan fingerprint density at radius 2 is 2.11 bits per heavy atom. The van der Waals surface area contributed by atoms with Gasteiger partial charge in [-0.1, -0.05) is 36.4 Å². The predicted octanol–water partition coefficient (Wildman–Crippen LogP) is 3.70. The Kier molecular flexibility index (Phi) is 4.15. The second kappa shape index (κ2) is 6.82.